The quantitative estimate of drug-likeness (QED) is 0.419. The fourth-order valence-corrected chi connectivity index (χ4v) is 6.79. The third-order valence-corrected chi connectivity index (χ3v) is 8.96. The molecule has 0 N–H and O–H groups in total. The van der Waals surface area contributed by atoms with Gasteiger partial charge in [-0.3, -0.25) is 14.4 Å². The van der Waals surface area contributed by atoms with Crippen LogP contribution in [0.1, 0.15) is 39.6 Å². The van der Waals surface area contributed by atoms with Gasteiger partial charge in [-0.05, 0) is 55.7 Å². The number of likely N-dealkylation sites (tertiary alicyclic amines) is 2. The molecule has 6 rings (SSSR count). The van der Waals surface area contributed by atoms with E-state index >= 15 is 0 Å². The van der Waals surface area contributed by atoms with Crippen LogP contribution >= 0.6 is 15.9 Å². The van der Waals surface area contributed by atoms with Crippen molar-refractivity contribution < 1.29 is 19.1 Å². The first-order valence-electron chi connectivity index (χ1n) is 13.3. The third-order valence-electron chi connectivity index (χ3n) is 8.47. The van der Waals surface area contributed by atoms with E-state index in [1.807, 2.05) is 47.1 Å². The molecule has 2 saturated heterocycles. The van der Waals surface area contributed by atoms with E-state index < -0.39 is 0 Å². The zero-order valence-corrected chi connectivity index (χ0v) is 23.7. The van der Waals surface area contributed by atoms with Crippen LogP contribution < -0.4 is 4.74 Å². The van der Waals surface area contributed by atoms with E-state index in [2.05, 4.69) is 33.1 Å². The van der Waals surface area contributed by atoms with E-state index in [1.165, 1.54) is 6.08 Å². The predicted octanol–water partition coefficient (Wildman–Crippen LogP) is 4.09. The Bertz CT molecular complexity index is 1520. The molecule has 8 nitrogen and oxygen atoms in total. The van der Waals surface area contributed by atoms with Crippen LogP contribution in [0.4, 0.5) is 0 Å². The molecule has 3 amide bonds. The summed E-state index contributed by atoms with van der Waals surface area (Å²) in [5.74, 6) is 0.785. The second kappa shape index (κ2) is 9.86. The summed E-state index contributed by atoms with van der Waals surface area (Å²) in [6.07, 6.45) is 2.71. The van der Waals surface area contributed by atoms with Crippen molar-refractivity contribution in [1.82, 2.24) is 19.3 Å². The molecule has 3 aliphatic rings. The normalized spacial score (nSPS) is 19.3. The van der Waals surface area contributed by atoms with Crippen LogP contribution in [-0.2, 0) is 22.6 Å². The lowest BCUT2D eigenvalue weighted by molar-refractivity contribution is -0.142. The number of amides is 3. The van der Waals surface area contributed by atoms with Crippen molar-refractivity contribution in [3.63, 3.8) is 0 Å². The van der Waals surface area contributed by atoms with Crippen LogP contribution in [0.5, 0.6) is 5.75 Å². The van der Waals surface area contributed by atoms with Crippen LogP contribution in [0.15, 0.2) is 53.5 Å². The number of carbonyl (C=O) groups excluding carboxylic acids is 3. The Labute approximate surface area is 235 Å². The number of hydrogen-bond donors (Lipinski definition) is 0. The maximum absolute atomic E-state index is 14.1. The smallest absolute Gasteiger partial charge is 0.256 e. The third kappa shape index (κ3) is 4.14. The van der Waals surface area contributed by atoms with Gasteiger partial charge in [-0.1, -0.05) is 34.6 Å². The fraction of sp³-hybridized carbons (Fsp3) is 0.367. The average Bonchev–Trinajstić information content (AvgIpc) is 3.41. The maximum Gasteiger partial charge on any atom is 0.256 e. The number of halogens is 1. The minimum absolute atomic E-state index is 0.0224. The maximum atomic E-state index is 14.1. The molecule has 9 heteroatoms. The summed E-state index contributed by atoms with van der Waals surface area (Å²) in [6, 6.07) is 11.5. The first-order valence-corrected chi connectivity index (χ1v) is 14.1. The lowest BCUT2D eigenvalue weighted by atomic mass is 9.97. The number of rotatable bonds is 5. The van der Waals surface area contributed by atoms with Gasteiger partial charge in [0.05, 0.1) is 18.7 Å². The number of methoxy groups -OCH3 is 1. The molecular weight excluding hydrogens is 560 g/mol. The van der Waals surface area contributed by atoms with Gasteiger partial charge < -0.3 is 24.0 Å². The molecule has 0 bridgehead atoms. The van der Waals surface area contributed by atoms with E-state index in [0.717, 1.165) is 44.4 Å². The van der Waals surface area contributed by atoms with Gasteiger partial charge in [-0.25, -0.2) is 0 Å². The highest BCUT2D eigenvalue weighted by Gasteiger charge is 2.43. The summed E-state index contributed by atoms with van der Waals surface area (Å²) in [7, 11) is 1.68. The van der Waals surface area contributed by atoms with Crippen molar-refractivity contribution in [2.75, 3.05) is 33.3 Å². The van der Waals surface area contributed by atoms with Crippen molar-refractivity contribution in [1.29, 1.82) is 0 Å². The second-order valence-electron chi connectivity index (χ2n) is 10.5. The first kappa shape index (κ1) is 25.7. The van der Waals surface area contributed by atoms with Gasteiger partial charge in [0.25, 0.3) is 5.91 Å². The summed E-state index contributed by atoms with van der Waals surface area (Å²) in [5, 5.41) is 0.848. The summed E-state index contributed by atoms with van der Waals surface area (Å²) >= 11 is 3.58. The topological polar surface area (TPSA) is 75.1 Å². The SMILES string of the molecule is C=CC(=O)N1CC(N2CCC(n3c(C)c(C(=O)N4CCc5c(cccc5OC)C4)c4cc(Br)ccc43)C2=O)C1. The number of hydrogen-bond acceptors (Lipinski definition) is 4. The van der Waals surface area contributed by atoms with Crippen molar-refractivity contribution in [2.24, 2.45) is 0 Å². The number of carbonyl (C=O) groups is 3. The van der Waals surface area contributed by atoms with Gasteiger partial charge in [0.1, 0.15) is 11.8 Å². The Balaban J connectivity index is 1.32. The zero-order valence-electron chi connectivity index (χ0n) is 22.2. The van der Waals surface area contributed by atoms with E-state index in [0.29, 0.717) is 44.7 Å². The van der Waals surface area contributed by atoms with Gasteiger partial charge in [-0.15, -0.1) is 0 Å². The monoisotopic (exact) mass is 590 g/mol. The number of fused-ring (bicyclic) bond motifs is 2. The first-order chi connectivity index (χ1) is 18.8. The van der Waals surface area contributed by atoms with Crippen LogP contribution in [0.2, 0.25) is 0 Å². The summed E-state index contributed by atoms with van der Waals surface area (Å²) in [6.45, 7) is 8.32. The number of nitrogens with zero attached hydrogens (tertiary/aromatic N) is 4. The summed E-state index contributed by atoms with van der Waals surface area (Å²) in [4.78, 5) is 45.2. The molecule has 0 aliphatic carbocycles. The van der Waals surface area contributed by atoms with Gasteiger partial charge in [0, 0.05) is 59.4 Å². The molecule has 3 aliphatic heterocycles. The number of benzene rings is 2. The van der Waals surface area contributed by atoms with E-state index in [1.54, 1.807) is 12.0 Å². The molecule has 3 aromatic rings. The Kier molecular flexibility index (Phi) is 6.49. The summed E-state index contributed by atoms with van der Waals surface area (Å²) < 4.78 is 8.49. The standard InChI is InChI=1S/C30H31BrN4O4/c1-4-27(36)33-16-21(17-33)34-13-11-25(29(34)37)35-18(2)28(23-14-20(31)8-9-24(23)35)30(38)32-12-10-22-19(15-32)6-5-7-26(22)39-3/h4-9,14,21,25H,1,10-13,15-17H2,2-3H3. The number of aromatic nitrogens is 1. The van der Waals surface area contributed by atoms with E-state index in [9.17, 15) is 14.4 Å². The molecule has 4 heterocycles. The van der Waals surface area contributed by atoms with Crippen molar-refractivity contribution in [3.8, 4) is 5.75 Å². The van der Waals surface area contributed by atoms with Crippen molar-refractivity contribution in [2.45, 2.75) is 38.4 Å². The minimum Gasteiger partial charge on any atom is -0.496 e. The molecule has 2 aromatic carbocycles. The fourth-order valence-electron chi connectivity index (χ4n) is 6.43. The Hall–Kier alpha value is -3.59. The number of ether oxygens (including phenoxy) is 1. The molecule has 202 valence electrons. The van der Waals surface area contributed by atoms with Crippen molar-refractivity contribution in [3.05, 3.63) is 75.9 Å². The predicted molar refractivity (Wildman–Crippen MR) is 152 cm³/mol. The van der Waals surface area contributed by atoms with Crippen LogP contribution in [-0.4, -0.2) is 76.3 Å². The van der Waals surface area contributed by atoms with Gasteiger partial charge in [0.2, 0.25) is 11.8 Å². The molecule has 0 radical (unpaired) electrons. The summed E-state index contributed by atoms with van der Waals surface area (Å²) in [5.41, 5.74) is 4.60. The van der Waals surface area contributed by atoms with E-state index in [4.69, 9.17) is 4.74 Å². The molecule has 1 atom stereocenters. The molecule has 1 unspecified atom stereocenters. The highest BCUT2D eigenvalue weighted by molar-refractivity contribution is 9.10. The van der Waals surface area contributed by atoms with Crippen LogP contribution in [0.3, 0.4) is 0 Å². The molecule has 0 spiro atoms. The Morgan fingerprint density at radius 2 is 1.92 bits per heavy atom. The molecule has 1 aromatic heterocycles. The minimum atomic E-state index is -0.384. The molecule has 2 fully saturated rings. The lowest BCUT2D eigenvalue weighted by Crippen LogP contribution is -2.61. The van der Waals surface area contributed by atoms with Gasteiger partial charge in [0.15, 0.2) is 0 Å². The largest absolute Gasteiger partial charge is 0.496 e. The lowest BCUT2D eigenvalue weighted by Gasteiger charge is -2.43. The Morgan fingerprint density at radius 3 is 2.67 bits per heavy atom. The second-order valence-corrected chi connectivity index (χ2v) is 11.4. The average molecular weight is 592 g/mol. The van der Waals surface area contributed by atoms with E-state index in [-0.39, 0.29) is 29.8 Å². The van der Waals surface area contributed by atoms with Gasteiger partial charge in [-0.2, -0.15) is 0 Å². The highest BCUT2D eigenvalue weighted by atomic mass is 79.9. The molecule has 39 heavy (non-hydrogen) atoms. The zero-order chi connectivity index (χ0) is 27.4. The molecule has 0 saturated carbocycles. The highest BCUT2D eigenvalue weighted by Crippen LogP contribution is 2.38. The van der Waals surface area contributed by atoms with Crippen molar-refractivity contribution >= 4 is 44.6 Å². The van der Waals surface area contributed by atoms with Crippen LogP contribution in [0, 0.1) is 6.92 Å². The Morgan fingerprint density at radius 1 is 1.13 bits per heavy atom. The van der Waals surface area contributed by atoms with Crippen LogP contribution in [0.25, 0.3) is 10.9 Å². The van der Waals surface area contributed by atoms with Gasteiger partial charge >= 0.3 is 0 Å². The molecular formula is C30H31BrN4O4.